The Hall–Kier alpha value is -2.05. The van der Waals surface area contributed by atoms with Gasteiger partial charge < -0.3 is 5.11 Å². The van der Waals surface area contributed by atoms with Crippen molar-refractivity contribution in [1.29, 1.82) is 0 Å². The number of fused-ring (bicyclic) bond motifs is 1. The van der Waals surface area contributed by atoms with Gasteiger partial charge in [0.1, 0.15) is 0 Å². The number of hydrogen-bond acceptors (Lipinski definition) is 3. The van der Waals surface area contributed by atoms with Crippen LogP contribution in [-0.2, 0) is 0 Å². The van der Waals surface area contributed by atoms with Crippen molar-refractivity contribution in [2.75, 3.05) is 0 Å². The highest BCUT2D eigenvalue weighted by atomic mass is 19.3. The summed E-state index contributed by atoms with van der Waals surface area (Å²) < 4.78 is 28.0. The molecule has 1 N–H and O–H groups in total. The molecule has 0 amide bonds. The Morgan fingerprint density at radius 3 is 2.65 bits per heavy atom. The molecule has 1 aliphatic carbocycles. The van der Waals surface area contributed by atoms with Gasteiger partial charge in [-0.3, -0.25) is 9.67 Å². The standard InChI is InChI=1S/C13H13F2N3O2/c14-13(15)3-1-8(2-4-13)18-11-7-16-5-10(12(19)20)9(11)6-17-18/h5-8H,1-4H2,(H,19,20). The van der Waals surface area contributed by atoms with Crippen molar-refractivity contribution < 1.29 is 18.7 Å². The third-order valence-electron chi connectivity index (χ3n) is 3.79. The normalized spacial score (nSPS) is 19.3. The van der Waals surface area contributed by atoms with E-state index in [2.05, 4.69) is 10.1 Å². The van der Waals surface area contributed by atoms with E-state index in [-0.39, 0.29) is 24.4 Å². The van der Waals surface area contributed by atoms with Gasteiger partial charge in [0.05, 0.1) is 29.5 Å². The molecule has 7 heteroatoms. The van der Waals surface area contributed by atoms with Crippen LogP contribution >= 0.6 is 0 Å². The first-order valence-corrected chi connectivity index (χ1v) is 6.40. The van der Waals surface area contributed by atoms with Crippen molar-refractivity contribution in [3.8, 4) is 0 Å². The number of alkyl halides is 2. The minimum Gasteiger partial charge on any atom is -0.478 e. The summed E-state index contributed by atoms with van der Waals surface area (Å²) >= 11 is 0. The zero-order chi connectivity index (χ0) is 14.3. The molecule has 2 heterocycles. The second kappa shape index (κ2) is 4.50. The summed E-state index contributed by atoms with van der Waals surface area (Å²) in [6.45, 7) is 0. The molecule has 5 nitrogen and oxygen atoms in total. The topological polar surface area (TPSA) is 68.0 Å². The van der Waals surface area contributed by atoms with Crippen LogP contribution in [0.25, 0.3) is 10.9 Å². The maximum absolute atomic E-state index is 13.2. The number of pyridine rings is 1. The fraction of sp³-hybridized carbons (Fsp3) is 0.462. The molecule has 0 bridgehead atoms. The average molecular weight is 281 g/mol. The number of carbonyl (C=O) groups is 1. The van der Waals surface area contributed by atoms with Crippen LogP contribution in [0.2, 0.25) is 0 Å². The first-order valence-electron chi connectivity index (χ1n) is 6.40. The van der Waals surface area contributed by atoms with E-state index in [4.69, 9.17) is 5.11 Å². The molecule has 2 aromatic rings. The molecule has 3 rings (SSSR count). The van der Waals surface area contributed by atoms with E-state index >= 15 is 0 Å². The molecule has 1 saturated carbocycles. The number of rotatable bonds is 2. The zero-order valence-electron chi connectivity index (χ0n) is 10.6. The largest absolute Gasteiger partial charge is 0.478 e. The van der Waals surface area contributed by atoms with Gasteiger partial charge in [-0.05, 0) is 12.8 Å². The summed E-state index contributed by atoms with van der Waals surface area (Å²) in [5.74, 6) is -3.66. The van der Waals surface area contributed by atoms with Crippen LogP contribution in [0, 0.1) is 0 Å². The molecule has 0 unspecified atom stereocenters. The Morgan fingerprint density at radius 2 is 2.00 bits per heavy atom. The first kappa shape index (κ1) is 13.0. The third-order valence-corrected chi connectivity index (χ3v) is 3.79. The molecular weight excluding hydrogens is 268 g/mol. The van der Waals surface area contributed by atoms with Crippen LogP contribution < -0.4 is 0 Å². The first-order chi connectivity index (χ1) is 9.48. The van der Waals surface area contributed by atoms with Gasteiger partial charge in [0.2, 0.25) is 5.92 Å². The van der Waals surface area contributed by atoms with Gasteiger partial charge >= 0.3 is 5.97 Å². The Labute approximate surface area is 113 Å². The molecule has 20 heavy (non-hydrogen) atoms. The monoisotopic (exact) mass is 281 g/mol. The number of carboxylic acid groups (broad SMARTS) is 1. The van der Waals surface area contributed by atoms with E-state index in [1.54, 1.807) is 4.68 Å². The molecule has 0 saturated heterocycles. The maximum Gasteiger partial charge on any atom is 0.338 e. The lowest BCUT2D eigenvalue weighted by Gasteiger charge is -2.28. The van der Waals surface area contributed by atoms with Gasteiger partial charge in [0.15, 0.2) is 0 Å². The number of hydrogen-bond donors (Lipinski definition) is 1. The predicted molar refractivity (Wildman–Crippen MR) is 66.9 cm³/mol. The molecule has 0 aromatic carbocycles. The van der Waals surface area contributed by atoms with Crippen LogP contribution in [0.5, 0.6) is 0 Å². The summed E-state index contributed by atoms with van der Waals surface area (Å²) in [5.41, 5.74) is 0.662. The molecule has 1 fully saturated rings. The second-order valence-corrected chi connectivity index (χ2v) is 5.10. The summed E-state index contributed by atoms with van der Waals surface area (Å²) in [6.07, 6.45) is 4.61. The van der Waals surface area contributed by atoms with Crippen molar-refractivity contribution in [2.24, 2.45) is 0 Å². The van der Waals surface area contributed by atoms with Crippen molar-refractivity contribution in [3.05, 3.63) is 24.2 Å². The lowest BCUT2D eigenvalue weighted by atomic mass is 9.92. The van der Waals surface area contributed by atoms with E-state index in [0.29, 0.717) is 23.7 Å². The highest BCUT2D eigenvalue weighted by Crippen LogP contribution is 2.39. The highest BCUT2D eigenvalue weighted by Gasteiger charge is 2.36. The van der Waals surface area contributed by atoms with Gasteiger partial charge in [0.25, 0.3) is 0 Å². The number of aromatic carboxylic acids is 1. The summed E-state index contributed by atoms with van der Waals surface area (Å²) in [6, 6.07) is -0.127. The Kier molecular flexibility index (Phi) is 2.92. The van der Waals surface area contributed by atoms with Crippen molar-refractivity contribution in [1.82, 2.24) is 14.8 Å². The van der Waals surface area contributed by atoms with E-state index in [1.807, 2.05) is 0 Å². The van der Waals surface area contributed by atoms with Gasteiger partial charge in [-0.25, -0.2) is 13.6 Å². The Balaban J connectivity index is 1.98. The molecule has 106 valence electrons. The van der Waals surface area contributed by atoms with Gasteiger partial charge in [0, 0.05) is 24.4 Å². The van der Waals surface area contributed by atoms with E-state index in [1.165, 1.54) is 18.6 Å². The van der Waals surface area contributed by atoms with E-state index < -0.39 is 11.9 Å². The van der Waals surface area contributed by atoms with E-state index in [0.717, 1.165) is 0 Å². The van der Waals surface area contributed by atoms with Crippen molar-refractivity contribution >= 4 is 16.9 Å². The fourth-order valence-corrected chi connectivity index (χ4v) is 2.69. The number of carboxylic acids is 1. The van der Waals surface area contributed by atoms with Crippen LogP contribution in [0.15, 0.2) is 18.6 Å². The highest BCUT2D eigenvalue weighted by molar-refractivity contribution is 6.01. The molecule has 0 spiro atoms. The lowest BCUT2D eigenvalue weighted by Crippen LogP contribution is -2.26. The van der Waals surface area contributed by atoms with Crippen LogP contribution in [0.4, 0.5) is 8.78 Å². The number of halogens is 2. The van der Waals surface area contributed by atoms with Gasteiger partial charge in [-0.15, -0.1) is 0 Å². The maximum atomic E-state index is 13.2. The second-order valence-electron chi connectivity index (χ2n) is 5.10. The van der Waals surface area contributed by atoms with Gasteiger partial charge in [-0.1, -0.05) is 0 Å². The number of nitrogens with zero attached hydrogens (tertiary/aromatic N) is 3. The summed E-state index contributed by atoms with van der Waals surface area (Å²) in [7, 11) is 0. The zero-order valence-corrected chi connectivity index (χ0v) is 10.6. The SMILES string of the molecule is O=C(O)c1cncc2c1cnn2C1CCC(F)(F)CC1. The molecule has 0 aliphatic heterocycles. The lowest BCUT2D eigenvalue weighted by molar-refractivity contribution is -0.0446. The quantitative estimate of drug-likeness (QED) is 0.919. The molecule has 2 aromatic heterocycles. The molecule has 0 atom stereocenters. The van der Waals surface area contributed by atoms with Gasteiger partial charge in [-0.2, -0.15) is 5.10 Å². The molecule has 1 aliphatic rings. The average Bonchev–Trinajstić information content (AvgIpc) is 2.82. The Morgan fingerprint density at radius 1 is 1.30 bits per heavy atom. The fourth-order valence-electron chi connectivity index (χ4n) is 2.69. The van der Waals surface area contributed by atoms with Crippen LogP contribution in [0.1, 0.15) is 42.1 Å². The van der Waals surface area contributed by atoms with E-state index in [9.17, 15) is 13.6 Å². The predicted octanol–water partition coefficient (Wildman–Crippen LogP) is 2.88. The summed E-state index contributed by atoms with van der Waals surface area (Å²) in [4.78, 5) is 15.0. The third kappa shape index (κ3) is 2.13. The van der Waals surface area contributed by atoms with Crippen molar-refractivity contribution in [3.63, 3.8) is 0 Å². The van der Waals surface area contributed by atoms with Crippen LogP contribution in [0.3, 0.4) is 0 Å². The minimum absolute atomic E-state index is 0.0786. The van der Waals surface area contributed by atoms with Crippen molar-refractivity contribution in [2.45, 2.75) is 37.6 Å². The Bertz CT molecular complexity index is 659. The number of aromatic nitrogens is 3. The smallest absolute Gasteiger partial charge is 0.338 e. The molecule has 0 radical (unpaired) electrons. The summed E-state index contributed by atoms with van der Waals surface area (Å²) in [5, 5.41) is 13.8. The van der Waals surface area contributed by atoms with Crippen LogP contribution in [-0.4, -0.2) is 31.8 Å². The molecular formula is C13H13F2N3O2. The minimum atomic E-state index is -2.59.